The highest BCUT2D eigenvalue weighted by Gasteiger charge is 2.49. The van der Waals surface area contributed by atoms with Gasteiger partial charge in [0.25, 0.3) is 0 Å². The van der Waals surface area contributed by atoms with Crippen molar-refractivity contribution in [2.24, 2.45) is 5.41 Å². The number of hydrogen-bond acceptors (Lipinski definition) is 4. The van der Waals surface area contributed by atoms with Gasteiger partial charge in [-0.15, -0.1) is 0 Å². The fourth-order valence-electron chi connectivity index (χ4n) is 3.92. The molecule has 4 rings (SSSR count). The molecule has 22 heavy (non-hydrogen) atoms. The summed E-state index contributed by atoms with van der Waals surface area (Å²) >= 11 is 0. The van der Waals surface area contributed by atoms with Crippen molar-refractivity contribution in [2.75, 3.05) is 19.6 Å². The van der Waals surface area contributed by atoms with Crippen LogP contribution in [0, 0.1) is 5.41 Å². The second-order valence-electron chi connectivity index (χ2n) is 6.31. The maximum Gasteiger partial charge on any atom is 0.226 e. The molecule has 3 heterocycles. The molecule has 0 bridgehead atoms. The fourth-order valence-corrected chi connectivity index (χ4v) is 3.92. The topological polar surface area (TPSA) is 66.9 Å². The Morgan fingerprint density at radius 3 is 2.86 bits per heavy atom. The summed E-state index contributed by atoms with van der Waals surface area (Å²) in [5.41, 5.74) is 2.41. The van der Waals surface area contributed by atoms with Gasteiger partial charge in [0.2, 0.25) is 5.91 Å². The summed E-state index contributed by atoms with van der Waals surface area (Å²) in [5, 5.41) is 6.49. The van der Waals surface area contributed by atoms with Crippen molar-refractivity contribution in [1.82, 2.24) is 20.6 Å². The molecule has 2 N–H and O–H groups in total. The van der Waals surface area contributed by atoms with Crippen molar-refractivity contribution in [2.45, 2.75) is 25.2 Å². The van der Waals surface area contributed by atoms with Gasteiger partial charge in [0.1, 0.15) is 0 Å². The molecule has 2 saturated heterocycles. The van der Waals surface area contributed by atoms with Crippen LogP contribution in [0.5, 0.6) is 0 Å². The summed E-state index contributed by atoms with van der Waals surface area (Å²) in [4.78, 5) is 22.0. The van der Waals surface area contributed by atoms with Crippen LogP contribution >= 0.6 is 0 Å². The van der Waals surface area contributed by atoms with Crippen molar-refractivity contribution in [3.8, 4) is 0 Å². The number of carbonyl (C=O) groups is 1. The normalized spacial score (nSPS) is 28.7. The number of fused-ring (bicyclic) bond motifs is 1. The van der Waals surface area contributed by atoms with E-state index in [0.29, 0.717) is 0 Å². The molecule has 2 aliphatic rings. The van der Waals surface area contributed by atoms with Crippen molar-refractivity contribution in [3.05, 3.63) is 36.2 Å². The fraction of sp³-hybridized carbons (Fsp3) is 0.471. The Labute approximate surface area is 129 Å². The number of carbonyl (C=O) groups excluding carboxylic acids is 1. The number of piperidine rings is 2. The highest BCUT2D eigenvalue weighted by Crippen LogP contribution is 2.45. The second-order valence-corrected chi connectivity index (χ2v) is 6.31. The van der Waals surface area contributed by atoms with Crippen LogP contribution in [0.4, 0.5) is 0 Å². The Bertz CT molecular complexity index is 711. The van der Waals surface area contributed by atoms with Gasteiger partial charge in [-0.1, -0.05) is 12.1 Å². The van der Waals surface area contributed by atoms with E-state index < -0.39 is 0 Å². The standard InChI is InChI=1S/C17H20N4O/c22-16-17(6-3-8-19-16)7-9-18-10-12(17)15-11-20-13-4-1-2-5-14(13)21-15/h1-2,4-5,11-12,18H,3,6-10H2,(H,19,22). The van der Waals surface area contributed by atoms with Crippen LogP contribution in [0.25, 0.3) is 11.0 Å². The van der Waals surface area contributed by atoms with Crippen LogP contribution in [0.1, 0.15) is 30.9 Å². The predicted molar refractivity (Wildman–Crippen MR) is 84.4 cm³/mol. The minimum atomic E-state index is -0.319. The molecule has 0 aliphatic carbocycles. The molecule has 1 spiro atoms. The van der Waals surface area contributed by atoms with E-state index in [1.165, 1.54) is 0 Å². The number of benzene rings is 1. The molecule has 2 fully saturated rings. The van der Waals surface area contributed by atoms with Gasteiger partial charge in [0.05, 0.1) is 22.1 Å². The lowest BCUT2D eigenvalue weighted by atomic mass is 9.64. The number of aromatic nitrogens is 2. The average Bonchev–Trinajstić information content (AvgIpc) is 2.58. The van der Waals surface area contributed by atoms with Crippen molar-refractivity contribution < 1.29 is 4.79 Å². The van der Waals surface area contributed by atoms with E-state index in [-0.39, 0.29) is 17.2 Å². The molecule has 1 amide bonds. The molecular formula is C17H20N4O. The molecule has 5 nitrogen and oxygen atoms in total. The lowest BCUT2D eigenvalue weighted by Crippen LogP contribution is -2.55. The predicted octanol–water partition coefficient (Wildman–Crippen LogP) is 1.60. The van der Waals surface area contributed by atoms with Crippen LogP contribution in [0.15, 0.2) is 30.5 Å². The first-order valence-electron chi connectivity index (χ1n) is 8.00. The van der Waals surface area contributed by atoms with E-state index in [9.17, 15) is 4.79 Å². The number of nitrogens with one attached hydrogen (secondary N) is 2. The Morgan fingerprint density at radius 2 is 2.00 bits per heavy atom. The maximum atomic E-state index is 12.6. The SMILES string of the molecule is O=C1NCCCC12CCNCC2c1cnc2ccccc2n1. The van der Waals surface area contributed by atoms with E-state index in [2.05, 4.69) is 15.6 Å². The largest absolute Gasteiger partial charge is 0.356 e. The minimum Gasteiger partial charge on any atom is -0.356 e. The Morgan fingerprint density at radius 1 is 1.14 bits per heavy atom. The Balaban J connectivity index is 1.78. The molecule has 0 saturated carbocycles. The first kappa shape index (κ1) is 13.6. The zero-order valence-corrected chi connectivity index (χ0v) is 12.5. The molecule has 5 heteroatoms. The van der Waals surface area contributed by atoms with Gasteiger partial charge < -0.3 is 10.6 Å². The third-order valence-electron chi connectivity index (χ3n) is 5.13. The van der Waals surface area contributed by atoms with Gasteiger partial charge in [0, 0.05) is 25.2 Å². The Kier molecular flexibility index (Phi) is 3.30. The number of amides is 1. The molecule has 114 valence electrons. The van der Waals surface area contributed by atoms with Gasteiger partial charge in [0.15, 0.2) is 0 Å². The zero-order chi connectivity index (χ0) is 15.0. The van der Waals surface area contributed by atoms with E-state index in [1.807, 2.05) is 30.5 Å². The quantitative estimate of drug-likeness (QED) is 0.839. The molecule has 2 aromatic rings. The number of nitrogens with zero attached hydrogens (tertiary/aromatic N) is 2. The van der Waals surface area contributed by atoms with E-state index in [4.69, 9.17) is 4.98 Å². The molecule has 2 unspecified atom stereocenters. The summed E-state index contributed by atoms with van der Waals surface area (Å²) in [6.07, 6.45) is 4.71. The van der Waals surface area contributed by atoms with Gasteiger partial charge in [-0.05, 0) is 37.9 Å². The smallest absolute Gasteiger partial charge is 0.226 e. The third kappa shape index (κ3) is 2.08. The summed E-state index contributed by atoms with van der Waals surface area (Å²) < 4.78 is 0. The Hall–Kier alpha value is -2.01. The lowest BCUT2D eigenvalue weighted by Gasteiger charge is -2.45. The summed E-state index contributed by atoms with van der Waals surface area (Å²) in [6, 6.07) is 7.89. The first-order chi connectivity index (χ1) is 10.8. The molecule has 2 aliphatic heterocycles. The lowest BCUT2D eigenvalue weighted by molar-refractivity contribution is -0.136. The number of hydrogen-bond donors (Lipinski definition) is 2. The number of para-hydroxylation sites is 2. The molecule has 0 radical (unpaired) electrons. The second kappa shape index (κ2) is 5.32. The van der Waals surface area contributed by atoms with Crippen LogP contribution in [-0.2, 0) is 4.79 Å². The van der Waals surface area contributed by atoms with Crippen molar-refractivity contribution in [3.63, 3.8) is 0 Å². The third-order valence-corrected chi connectivity index (χ3v) is 5.13. The molecule has 2 atom stereocenters. The van der Waals surface area contributed by atoms with Gasteiger partial charge in [-0.2, -0.15) is 0 Å². The van der Waals surface area contributed by atoms with Crippen LogP contribution in [0.2, 0.25) is 0 Å². The first-order valence-corrected chi connectivity index (χ1v) is 8.00. The highest BCUT2D eigenvalue weighted by molar-refractivity contribution is 5.85. The summed E-state index contributed by atoms with van der Waals surface area (Å²) in [7, 11) is 0. The molecule has 1 aromatic heterocycles. The zero-order valence-electron chi connectivity index (χ0n) is 12.5. The number of rotatable bonds is 1. The maximum absolute atomic E-state index is 12.6. The van der Waals surface area contributed by atoms with Crippen molar-refractivity contribution >= 4 is 16.9 Å². The van der Waals surface area contributed by atoms with Crippen molar-refractivity contribution in [1.29, 1.82) is 0 Å². The van der Waals surface area contributed by atoms with E-state index in [1.54, 1.807) is 0 Å². The van der Waals surface area contributed by atoms with Gasteiger partial charge in [-0.3, -0.25) is 9.78 Å². The van der Waals surface area contributed by atoms with Crippen LogP contribution in [0.3, 0.4) is 0 Å². The summed E-state index contributed by atoms with van der Waals surface area (Å²) in [5.74, 6) is 0.291. The van der Waals surface area contributed by atoms with Gasteiger partial charge >= 0.3 is 0 Å². The van der Waals surface area contributed by atoms with E-state index >= 15 is 0 Å². The van der Waals surface area contributed by atoms with Gasteiger partial charge in [-0.25, -0.2) is 4.98 Å². The molecule has 1 aromatic carbocycles. The van der Waals surface area contributed by atoms with Crippen LogP contribution < -0.4 is 10.6 Å². The monoisotopic (exact) mass is 296 g/mol. The summed E-state index contributed by atoms with van der Waals surface area (Å²) in [6.45, 7) is 2.48. The average molecular weight is 296 g/mol. The van der Waals surface area contributed by atoms with Crippen LogP contribution in [-0.4, -0.2) is 35.5 Å². The molecular weight excluding hydrogens is 276 g/mol. The highest BCUT2D eigenvalue weighted by atomic mass is 16.2. The minimum absolute atomic E-state index is 0.0960. The van der Waals surface area contributed by atoms with E-state index in [0.717, 1.165) is 55.6 Å².